The van der Waals surface area contributed by atoms with Gasteiger partial charge in [0, 0.05) is 6.04 Å². The minimum absolute atomic E-state index is 0.0824. The summed E-state index contributed by atoms with van der Waals surface area (Å²) < 4.78 is 0. The van der Waals surface area contributed by atoms with Gasteiger partial charge in [-0.2, -0.15) is 0 Å². The summed E-state index contributed by atoms with van der Waals surface area (Å²) in [7, 11) is 0. The van der Waals surface area contributed by atoms with Gasteiger partial charge in [-0.15, -0.1) is 0 Å². The molecule has 0 spiro atoms. The number of carboxylic acid groups (broad SMARTS) is 1. The molecule has 3 N–H and O–H groups in total. The van der Waals surface area contributed by atoms with Gasteiger partial charge in [-0.25, -0.2) is 9.59 Å². The number of hydrogen-bond donors (Lipinski definition) is 3. The lowest BCUT2D eigenvalue weighted by Gasteiger charge is -2.39. The normalized spacial score (nSPS) is 23.4. The van der Waals surface area contributed by atoms with Crippen molar-refractivity contribution in [3.05, 3.63) is 0 Å². The first-order valence-electron chi connectivity index (χ1n) is 7.16. The first-order valence-corrected chi connectivity index (χ1v) is 7.16. The SMILES string of the molecule is CCC[C@H](NC(=O)NC1CCCCC1(C)C)C(=O)O. The van der Waals surface area contributed by atoms with Gasteiger partial charge in [0.25, 0.3) is 0 Å². The highest BCUT2D eigenvalue weighted by Crippen LogP contribution is 2.35. The van der Waals surface area contributed by atoms with Crippen LogP contribution in [0, 0.1) is 5.41 Å². The van der Waals surface area contributed by atoms with Crippen LogP contribution in [0.2, 0.25) is 0 Å². The summed E-state index contributed by atoms with van der Waals surface area (Å²) >= 11 is 0. The third kappa shape index (κ3) is 4.73. The third-order valence-electron chi connectivity index (χ3n) is 3.99. The maximum Gasteiger partial charge on any atom is 0.326 e. The van der Waals surface area contributed by atoms with E-state index in [9.17, 15) is 9.59 Å². The molecule has 0 aromatic heterocycles. The molecule has 1 fully saturated rings. The molecule has 19 heavy (non-hydrogen) atoms. The average molecular weight is 270 g/mol. The first kappa shape index (κ1) is 15.8. The summed E-state index contributed by atoms with van der Waals surface area (Å²) in [6.07, 6.45) is 5.55. The van der Waals surface area contributed by atoms with Crippen LogP contribution >= 0.6 is 0 Å². The number of hydrogen-bond acceptors (Lipinski definition) is 2. The third-order valence-corrected chi connectivity index (χ3v) is 3.99. The van der Waals surface area contributed by atoms with E-state index in [-0.39, 0.29) is 17.5 Å². The number of carbonyl (C=O) groups is 2. The zero-order chi connectivity index (χ0) is 14.5. The summed E-state index contributed by atoms with van der Waals surface area (Å²) in [6.45, 7) is 6.20. The molecule has 0 aromatic carbocycles. The largest absolute Gasteiger partial charge is 0.480 e. The molecular formula is C14H26N2O3. The van der Waals surface area contributed by atoms with E-state index in [0.717, 1.165) is 25.7 Å². The Balaban J connectivity index is 2.51. The zero-order valence-corrected chi connectivity index (χ0v) is 12.2. The molecule has 2 amide bonds. The van der Waals surface area contributed by atoms with E-state index < -0.39 is 12.0 Å². The van der Waals surface area contributed by atoms with Crippen LogP contribution in [0.5, 0.6) is 0 Å². The Morgan fingerprint density at radius 1 is 1.37 bits per heavy atom. The molecule has 1 rings (SSSR count). The number of carboxylic acids is 1. The van der Waals surface area contributed by atoms with Crippen LogP contribution in [-0.4, -0.2) is 29.2 Å². The van der Waals surface area contributed by atoms with E-state index >= 15 is 0 Å². The van der Waals surface area contributed by atoms with Crippen molar-refractivity contribution in [2.75, 3.05) is 0 Å². The Morgan fingerprint density at radius 3 is 2.58 bits per heavy atom. The Labute approximate surface area is 115 Å². The van der Waals surface area contributed by atoms with Gasteiger partial charge in [-0.3, -0.25) is 0 Å². The standard InChI is InChI=1S/C14H26N2O3/c1-4-7-10(12(17)18)15-13(19)16-11-8-5-6-9-14(11,2)3/h10-11H,4-9H2,1-3H3,(H,17,18)(H2,15,16,19)/t10-,11?/m0/s1. The van der Waals surface area contributed by atoms with E-state index in [1.54, 1.807) is 0 Å². The zero-order valence-electron chi connectivity index (χ0n) is 12.2. The molecule has 1 aliphatic rings. The monoisotopic (exact) mass is 270 g/mol. The van der Waals surface area contributed by atoms with Gasteiger partial charge in [0.05, 0.1) is 0 Å². The van der Waals surface area contributed by atoms with E-state index in [1.807, 2.05) is 6.92 Å². The Bertz CT molecular complexity index is 329. The average Bonchev–Trinajstić information content (AvgIpc) is 2.31. The van der Waals surface area contributed by atoms with Gasteiger partial charge in [-0.1, -0.05) is 40.0 Å². The fraction of sp³-hybridized carbons (Fsp3) is 0.857. The maximum atomic E-state index is 11.9. The highest BCUT2D eigenvalue weighted by molar-refractivity contribution is 5.82. The summed E-state index contributed by atoms with van der Waals surface area (Å²) in [4.78, 5) is 22.9. The van der Waals surface area contributed by atoms with Crippen molar-refractivity contribution >= 4 is 12.0 Å². The van der Waals surface area contributed by atoms with Crippen LogP contribution in [0.4, 0.5) is 4.79 Å². The van der Waals surface area contributed by atoms with Gasteiger partial charge in [0.15, 0.2) is 0 Å². The molecule has 0 aromatic rings. The molecule has 0 aliphatic heterocycles. The highest BCUT2D eigenvalue weighted by Gasteiger charge is 2.33. The maximum absolute atomic E-state index is 11.9. The van der Waals surface area contributed by atoms with Crippen LogP contribution in [0.25, 0.3) is 0 Å². The van der Waals surface area contributed by atoms with Gasteiger partial charge >= 0.3 is 12.0 Å². The first-order chi connectivity index (χ1) is 8.86. The van der Waals surface area contributed by atoms with E-state index in [4.69, 9.17) is 5.11 Å². The predicted molar refractivity (Wildman–Crippen MR) is 74.0 cm³/mol. The quantitative estimate of drug-likeness (QED) is 0.718. The van der Waals surface area contributed by atoms with Crippen molar-refractivity contribution in [1.82, 2.24) is 10.6 Å². The highest BCUT2D eigenvalue weighted by atomic mass is 16.4. The molecular weight excluding hydrogens is 244 g/mol. The lowest BCUT2D eigenvalue weighted by Crippen LogP contribution is -2.53. The fourth-order valence-corrected chi connectivity index (χ4v) is 2.67. The minimum Gasteiger partial charge on any atom is -0.480 e. The van der Waals surface area contributed by atoms with Crippen molar-refractivity contribution in [3.8, 4) is 0 Å². The van der Waals surface area contributed by atoms with Crippen molar-refractivity contribution in [2.45, 2.75) is 71.4 Å². The molecule has 5 heteroatoms. The van der Waals surface area contributed by atoms with E-state index in [0.29, 0.717) is 6.42 Å². The summed E-state index contributed by atoms with van der Waals surface area (Å²) in [5.41, 5.74) is 0.0824. The van der Waals surface area contributed by atoms with Crippen molar-refractivity contribution < 1.29 is 14.7 Å². The van der Waals surface area contributed by atoms with Crippen molar-refractivity contribution in [2.24, 2.45) is 5.41 Å². The molecule has 110 valence electrons. The second-order valence-corrected chi connectivity index (χ2v) is 6.08. The van der Waals surface area contributed by atoms with Crippen LogP contribution in [0.3, 0.4) is 0 Å². The second kappa shape index (κ2) is 6.78. The van der Waals surface area contributed by atoms with Gasteiger partial charge in [0.1, 0.15) is 6.04 Å². The molecule has 1 saturated carbocycles. The van der Waals surface area contributed by atoms with Crippen LogP contribution in [0.15, 0.2) is 0 Å². The molecule has 0 heterocycles. The summed E-state index contributed by atoms with van der Waals surface area (Å²) in [6, 6.07) is -1.03. The van der Waals surface area contributed by atoms with Crippen LogP contribution < -0.4 is 10.6 Å². The van der Waals surface area contributed by atoms with Crippen LogP contribution in [-0.2, 0) is 4.79 Å². The number of rotatable bonds is 5. The van der Waals surface area contributed by atoms with E-state index in [2.05, 4.69) is 24.5 Å². The number of amides is 2. The molecule has 0 bridgehead atoms. The number of carbonyl (C=O) groups excluding carboxylic acids is 1. The van der Waals surface area contributed by atoms with Crippen molar-refractivity contribution in [1.29, 1.82) is 0 Å². The molecule has 1 aliphatic carbocycles. The number of nitrogens with one attached hydrogen (secondary N) is 2. The number of urea groups is 1. The Morgan fingerprint density at radius 2 is 2.05 bits per heavy atom. The lowest BCUT2D eigenvalue weighted by molar-refractivity contribution is -0.139. The molecule has 0 saturated heterocycles. The second-order valence-electron chi connectivity index (χ2n) is 6.08. The van der Waals surface area contributed by atoms with Crippen LogP contribution in [0.1, 0.15) is 59.3 Å². The Kier molecular flexibility index (Phi) is 5.63. The molecule has 0 radical (unpaired) electrons. The fourth-order valence-electron chi connectivity index (χ4n) is 2.67. The van der Waals surface area contributed by atoms with Gasteiger partial charge < -0.3 is 15.7 Å². The van der Waals surface area contributed by atoms with Gasteiger partial charge in [-0.05, 0) is 24.7 Å². The smallest absolute Gasteiger partial charge is 0.326 e. The number of aliphatic carboxylic acids is 1. The Hall–Kier alpha value is -1.26. The molecule has 1 unspecified atom stereocenters. The summed E-state index contributed by atoms with van der Waals surface area (Å²) in [5, 5.41) is 14.5. The topological polar surface area (TPSA) is 78.4 Å². The van der Waals surface area contributed by atoms with Crippen molar-refractivity contribution in [3.63, 3.8) is 0 Å². The van der Waals surface area contributed by atoms with E-state index in [1.165, 1.54) is 6.42 Å². The van der Waals surface area contributed by atoms with Gasteiger partial charge in [0.2, 0.25) is 0 Å². The predicted octanol–water partition coefficient (Wildman–Crippen LogP) is 2.51. The minimum atomic E-state index is -0.972. The molecule has 5 nitrogen and oxygen atoms in total. The molecule has 2 atom stereocenters. The summed E-state index contributed by atoms with van der Waals surface area (Å²) in [5.74, 6) is -0.972. The lowest BCUT2D eigenvalue weighted by atomic mass is 9.73.